The molecule has 0 atom stereocenters. The molecule has 1 saturated carbocycles. The Balaban J connectivity index is 1.64. The third-order valence-electron chi connectivity index (χ3n) is 3.75. The van der Waals surface area contributed by atoms with Gasteiger partial charge in [0.15, 0.2) is 0 Å². The summed E-state index contributed by atoms with van der Waals surface area (Å²) in [4.78, 5) is 0. The van der Waals surface area contributed by atoms with Crippen LogP contribution in [0, 0.1) is 0 Å². The fourth-order valence-corrected chi connectivity index (χ4v) is 2.85. The van der Waals surface area contributed by atoms with E-state index in [4.69, 9.17) is 16.7 Å². The molecular weight excluding hydrogens is 246 g/mol. The zero-order valence-corrected chi connectivity index (χ0v) is 11.5. The molecule has 0 spiro atoms. The SMILES string of the molecule is OCCCCCNC1CC(c2ccccc2Cl)C1. The third-order valence-corrected chi connectivity index (χ3v) is 4.10. The Morgan fingerprint density at radius 3 is 2.67 bits per heavy atom. The van der Waals surface area contributed by atoms with Crippen LogP contribution in [0.4, 0.5) is 0 Å². The molecule has 2 N–H and O–H groups in total. The number of unbranched alkanes of at least 4 members (excludes halogenated alkanes) is 2. The van der Waals surface area contributed by atoms with Crippen molar-refractivity contribution in [3.63, 3.8) is 0 Å². The molecule has 18 heavy (non-hydrogen) atoms. The van der Waals surface area contributed by atoms with Crippen LogP contribution in [-0.4, -0.2) is 24.3 Å². The first-order chi connectivity index (χ1) is 8.81. The lowest BCUT2D eigenvalue weighted by molar-refractivity contribution is 0.273. The maximum Gasteiger partial charge on any atom is 0.0440 e. The molecule has 0 amide bonds. The van der Waals surface area contributed by atoms with Gasteiger partial charge in [-0.3, -0.25) is 0 Å². The van der Waals surface area contributed by atoms with Crippen LogP contribution < -0.4 is 5.32 Å². The van der Waals surface area contributed by atoms with Crippen LogP contribution in [0.15, 0.2) is 24.3 Å². The summed E-state index contributed by atoms with van der Waals surface area (Å²) in [5, 5.41) is 13.2. The number of aliphatic hydroxyl groups is 1. The monoisotopic (exact) mass is 267 g/mol. The lowest BCUT2D eigenvalue weighted by Gasteiger charge is -2.37. The first-order valence-corrected chi connectivity index (χ1v) is 7.27. The summed E-state index contributed by atoms with van der Waals surface area (Å²) in [5.41, 5.74) is 1.30. The van der Waals surface area contributed by atoms with Gasteiger partial charge in [0.25, 0.3) is 0 Å². The maximum absolute atomic E-state index is 8.69. The summed E-state index contributed by atoms with van der Waals surface area (Å²) in [6.07, 6.45) is 5.60. The Bertz CT molecular complexity index is 363. The average Bonchev–Trinajstić information content (AvgIpc) is 2.33. The van der Waals surface area contributed by atoms with E-state index in [1.807, 2.05) is 12.1 Å². The van der Waals surface area contributed by atoms with Gasteiger partial charge in [0.1, 0.15) is 0 Å². The molecule has 2 rings (SSSR count). The van der Waals surface area contributed by atoms with Crippen molar-refractivity contribution in [1.82, 2.24) is 5.32 Å². The number of aliphatic hydroxyl groups excluding tert-OH is 1. The number of hydrogen-bond donors (Lipinski definition) is 2. The molecular formula is C15H22ClNO. The van der Waals surface area contributed by atoms with Crippen molar-refractivity contribution < 1.29 is 5.11 Å². The number of rotatable bonds is 7. The molecule has 0 unspecified atom stereocenters. The van der Waals surface area contributed by atoms with E-state index in [0.717, 1.165) is 30.8 Å². The summed E-state index contributed by atoms with van der Waals surface area (Å²) >= 11 is 6.20. The molecule has 2 nitrogen and oxygen atoms in total. The van der Waals surface area contributed by atoms with Crippen molar-refractivity contribution in [2.45, 2.75) is 44.1 Å². The standard InChI is InChI=1S/C15H22ClNO/c16-15-7-3-2-6-14(15)12-10-13(11-12)17-8-4-1-5-9-18/h2-3,6-7,12-13,17-18H,1,4-5,8-11H2. The fraction of sp³-hybridized carbons (Fsp3) is 0.600. The van der Waals surface area contributed by atoms with Gasteiger partial charge in [-0.25, -0.2) is 0 Å². The van der Waals surface area contributed by atoms with Crippen molar-refractivity contribution in [2.75, 3.05) is 13.2 Å². The molecule has 1 aromatic carbocycles. The van der Waals surface area contributed by atoms with Gasteiger partial charge in [-0.15, -0.1) is 0 Å². The summed E-state index contributed by atoms with van der Waals surface area (Å²) in [7, 11) is 0. The lowest BCUT2D eigenvalue weighted by Crippen LogP contribution is -2.40. The predicted octanol–water partition coefficient (Wildman–Crippen LogP) is 3.34. The van der Waals surface area contributed by atoms with E-state index in [2.05, 4.69) is 17.4 Å². The van der Waals surface area contributed by atoms with E-state index in [1.54, 1.807) is 0 Å². The molecule has 100 valence electrons. The largest absolute Gasteiger partial charge is 0.396 e. The molecule has 3 heteroatoms. The highest BCUT2D eigenvalue weighted by atomic mass is 35.5. The van der Waals surface area contributed by atoms with Gasteiger partial charge < -0.3 is 10.4 Å². The second-order valence-electron chi connectivity index (χ2n) is 5.13. The molecule has 0 heterocycles. The van der Waals surface area contributed by atoms with Crippen molar-refractivity contribution in [2.24, 2.45) is 0 Å². The van der Waals surface area contributed by atoms with Crippen LogP contribution in [0.1, 0.15) is 43.6 Å². The van der Waals surface area contributed by atoms with Gasteiger partial charge in [0.2, 0.25) is 0 Å². The normalized spacial score (nSPS) is 22.8. The molecule has 1 aliphatic rings. The van der Waals surface area contributed by atoms with Crippen LogP contribution in [-0.2, 0) is 0 Å². The molecule has 1 aliphatic carbocycles. The van der Waals surface area contributed by atoms with E-state index in [9.17, 15) is 0 Å². The highest BCUT2D eigenvalue weighted by Crippen LogP contribution is 2.39. The molecule has 1 aromatic rings. The van der Waals surface area contributed by atoms with Crippen LogP contribution in [0.2, 0.25) is 5.02 Å². The topological polar surface area (TPSA) is 32.3 Å². The fourth-order valence-electron chi connectivity index (χ4n) is 2.56. The van der Waals surface area contributed by atoms with Crippen LogP contribution in [0.25, 0.3) is 0 Å². The van der Waals surface area contributed by atoms with E-state index >= 15 is 0 Å². The molecule has 0 radical (unpaired) electrons. The minimum absolute atomic E-state index is 0.317. The Kier molecular flexibility index (Phi) is 5.48. The number of hydrogen-bond acceptors (Lipinski definition) is 2. The van der Waals surface area contributed by atoms with Gasteiger partial charge in [-0.05, 0) is 56.2 Å². The quantitative estimate of drug-likeness (QED) is 0.743. The lowest BCUT2D eigenvalue weighted by atomic mass is 9.76. The van der Waals surface area contributed by atoms with Crippen LogP contribution >= 0.6 is 11.6 Å². The van der Waals surface area contributed by atoms with Crippen molar-refractivity contribution >= 4 is 11.6 Å². The number of halogens is 1. The number of nitrogens with one attached hydrogen (secondary N) is 1. The Morgan fingerprint density at radius 1 is 1.17 bits per heavy atom. The summed E-state index contributed by atoms with van der Waals surface area (Å²) in [6, 6.07) is 8.83. The highest BCUT2D eigenvalue weighted by Gasteiger charge is 2.30. The van der Waals surface area contributed by atoms with Crippen molar-refractivity contribution in [3.05, 3.63) is 34.9 Å². The van der Waals surface area contributed by atoms with Gasteiger partial charge in [-0.1, -0.05) is 29.8 Å². The van der Waals surface area contributed by atoms with Gasteiger partial charge in [0.05, 0.1) is 0 Å². The third kappa shape index (κ3) is 3.71. The van der Waals surface area contributed by atoms with E-state index < -0.39 is 0 Å². The van der Waals surface area contributed by atoms with Gasteiger partial charge in [-0.2, -0.15) is 0 Å². The molecule has 0 aliphatic heterocycles. The minimum Gasteiger partial charge on any atom is -0.396 e. The van der Waals surface area contributed by atoms with Crippen LogP contribution in [0.5, 0.6) is 0 Å². The zero-order chi connectivity index (χ0) is 12.8. The van der Waals surface area contributed by atoms with E-state index in [-0.39, 0.29) is 0 Å². The van der Waals surface area contributed by atoms with Gasteiger partial charge >= 0.3 is 0 Å². The van der Waals surface area contributed by atoms with E-state index in [1.165, 1.54) is 18.4 Å². The smallest absolute Gasteiger partial charge is 0.0440 e. The number of benzene rings is 1. The first-order valence-electron chi connectivity index (χ1n) is 6.90. The first kappa shape index (κ1) is 13.9. The second-order valence-corrected chi connectivity index (χ2v) is 5.53. The highest BCUT2D eigenvalue weighted by molar-refractivity contribution is 6.31. The Labute approximate surface area is 114 Å². The van der Waals surface area contributed by atoms with Gasteiger partial charge in [0, 0.05) is 17.7 Å². The molecule has 1 fully saturated rings. The molecule has 0 saturated heterocycles. The second kappa shape index (κ2) is 7.13. The molecule has 0 bridgehead atoms. The van der Waals surface area contributed by atoms with Crippen molar-refractivity contribution in [1.29, 1.82) is 0 Å². The Morgan fingerprint density at radius 2 is 1.94 bits per heavy atom. The zero-order valence-electron chi connectivity index (χ0n) is 10.7. The minimum atomic E-state index is 0.317. The summed E-state index contributed by atoms with van der Waals surface area (Å²) in [5.74, 6) is 0.633. The molecule has 0 aromatic heterocycles. The summed E-state index contributed by atoms with van der Waals surface area (Å²) < 4.78 is 0. The average molecular weight is 268 g/mol. The van der Waals surface area contributed by atoms with E-state index in [0.29, 0.717) is 18.6 Å². The predicted molar refractivity (Wildman–Crippen MR) is 76.2 cm³/mol. The van der Waals surface area contributed by atoms with Crippen molar-refractivity contribution in [3.8, 4) is 0 Å². The Hall–Kier alpha value is -0.570. The van der Waals surface area contributed by atoms with Crippen LogP contribution in [0.3, 0.4) is 0 Å². The maximum atomic E-state index is 8.69. The summed E-state index contributed by atoms with van der Waals surface area (Å²) in [6.45, 7) is 1.39.